The Kier molecular flexibility index (Phi) is 9.74. The largest absolute Gasteiger partial charge is 0.497 e. The molecule has 0 spiro atoms. The van der Waals surface area contributed by atoms with Gasteiger partial charge < -0.3 is 19.8 Å². The van der Waals surface area contributed by atoms with Crippen LogP contribution in [0.2, 0.25) is 0 Å². The van der Waals surface area contributed by atoms with Crippen molar-refractivity contribution >= 4 is 28.6 Å². The number of carbonyl (C=O) groups is 1. The number of thioether (sulfide) groups is 1. The zero-order chi connectivity index (χ0) is 28.0. The van der Waals surface area contributed by atoms with Crippen LogP contribution in [0.5, 0.6) is 5.75 Å². The third-order valence-electron chi connectivity index (χ3n) is 7.38. The molecule has 1 aliphatic heterocycles. The summed E-state index contributed by atoms with van der Waals surface area (Å²) in [4.78, 5) is 18.8. The number of fused-ring (bicyclic) bond motifs is 1. The molecule has 1 aliphatic rings. The van der Waals surface area contributed by atoms with Crippen molar-refractivity contribution < 1.29 is 32.9 Å². The summed E-state index contributed by atoms with van der Waals surface area (Å²) in [5.74, 6) is -0.290. The summed E-state index contributed by atoms with van der Waals surface area (Å²) >= 11 is 1.18. The topological polar surface area (TPSA) is 82.9 Å². The van der Waals surface area contributed by atoms with E-state index in [9.17, 15) is 28.2 Å². The lowest BCUT2D eigenvalue weighted by atomic mass is 9.81. The number of pyridine rings is 1. The van der Waals surface area contributed by atoms with Gasteiger partial charge in [-0.05, 0) is 92.4 Å². The van der Waals surface area contributed by atoms with Crippen molar-refractivity contribution in [2.45, 2.75) is 42.9 Å². The standard InChI is InChI=1S/C29H33F3N2O4S/c1-38-20-8-9-25-22(17-20)21(11-13-33-25)26(35)10-7-19-12-15-34(18-23(19)28(36)37)14-4-16-39-27-6-3-2-5-24(27)29(30,31)32/h2-3,5-6,8-9,11,13,17,19,23,26,35H,4,7,10,12,14-16,18H2,1H3,(H,36,37)/t19-,23+,26+/m1/s1. The number of aliphatic carboxylic acids is 1. The van der Waals surface area contributed by atoms with Gasteiger partial charge in [-0.25, -0.2) is 0 Å². The van der Waals surface area contributed by atoms with E-state index in [1.165, 1.54) is 23.9 Å². The molecule has 0 amide bonds. The number of benzene rings is 2. The van der Waals surface area contributed by atoms with Gasteiger partial charge in [0.05, 0.1) is 30.2 Å². The van der Waals surface area contributed by atoms with Crippen molar-refractivity contribution in [2.75, 3.05) is 32.5 Å². The van der Waals surface area contributed by atoms with Crippen LogP contribution in [0.1, 0.15) is 42.9 Å². The molecule has 10 heteroatoms. The number of hydrogen-bond acceptors (Lipinski definition) is 6. The fourth-order valence-corrected chi connectivity index (χ4v) is 6.29. The number of carboxylic acids is 1. The van der Waals surface area contributed by atoms with Crippen molar-refractivity contribution in [1.29, 1.82) is 0 Å². The normalized spacial score (nSPS) is 19.2. The van der Waals surface area contributed by atoms with E-state index >= 15 is 0 Å². The maximum Gasteiger partial charge on any atom is 0.417 e. The highest BCUT2D eigenvalue weighted by Crippen LogP contribution is 2.37. The molecular weight excluding hydrogens is 529 g/mol. The van der Waals surface area contributed by atoms with E-state index < -0.39 is 29.7 Å². The fourth-order valence-electron chi connectivity index (χ4n) is 5.29. The van der Waals surface area contributed by atoms with Crippen LogP contribution in [-0.2, 0) is 11.0 Å². The first-order chi connectivity index (χ1) is 18.7. The van der Waals surface area contributed by atoms with Crippen molar-refractivity contribution in [1.82, 2.24) is 9.88 Å². The van der Waals surface area contributed by atoms with Crippen molar-refractivity contribution in [3.63, 3.8) is 0 Å². The van der Waals surface area contributed by atoms with Crippen LogP contribution in [0, 0.1) is 11.8 Å². The molecule has 210 valence electrons. The molecule has 4 rings (SSSR count). The number of likely N-dealkylation sites (tertiary alicyclic amines) is 1. The number of carboxylic acid groups (broad SMARTS) is 1. The van der Waals surface area contributed by atoms with Crippen LogP contribution < -0.4 is 4.74 Å². The van der Waals surface area contributed by atoms with E-state index in [1.54, 1.807) is 25.4 Å². The molecule has 39 heavy (non-hydrogen) atoms. The molecule has 0 radical (unpaired) electrons. The number of hydrogen-bond donors (Lipinski definition) is 2. The Bertz CT molecular complexity index is 1270. The van der Waals surface area contributed by atoms with Crippen molar-refractivity contribution in [2.24, 2.45) is 11.8 Å². The number of aliphatic hydroxyl groups is 1. The molecule has 1 fully saturated rings. The molecule has 1 saturated heterocycles. The molecule has 6 nitrogen and oxygen atoms in total. The SMILES string of the molecule is COc1ccc2nccc([C@@H](O)CC[C@@H]3CCN(CCCSc4ccccc4C(F)(F)F)C[C@@H]3C(=O)O)c2c1. The van der Waals surface area contributed by atoms with E-state index in [-0.39, 0.29) is 10.8 Å². The Morgan fingerprint density at radius 1 is 1.23 bits per heavy atom. The highest BCUT2D eigenvalue weighted by molar-refractivity contribution is 7.99. The monoisotopic (exact) mass is 562 g/mol. The van der Waals surface area contributed by atoms with Gasteiger partial charge in [-0.1, -0.05) is 12.1 Å². The van der Waals surface area contributed by atoms with Crippen LogP contribution in [-0.4, -0.2) is 58.6 Å². The second kappa shape index (κ2) is 13.0. The van der Waals surface area contributed by atoms with E-state index in [0.717, 1.165) is 29.1 Å². The average molecular weight is 563 g/mol. The summed E-state index contributed by atoms with van der Waals surface area (Å²) in [6.45, 7) is 1.75. The number of aromatic nitrogens is 1. The van der Waals surface area contributed by atoms with E-state index in [4.69, 9.17) is 4.74 Å². The molecule has 1 aromatic heterocycles. The first-order valence-corrected chi connectivity index (χ1v) is 14.0. The van der Waals surface area contributed by atoms with Gasteiger partial charge in [0.15, 0.2) is 0 Å². The lowest BCUT2D eigenvalue weighted by Gasteiger charge is -2.37. The molecule has 2 N–H and O–H groups in total. The van der Waals surface area contributed by atoms with E-state index in [0.29, 0.717) is 50.3 Å². The highest BCUT2D eigenvalue weighted by atomic mass is 32.2. The van der Waals surface area contributed by atoms with Crippen LogP contribution >= 0.6 is 11.8 Å². The third-order valence-corrected chi connectivity index (χ3v) is 8.54. The predicted octanol–water partition coefficient (Wildman–Crippen LogP) is 6.28. The number of halogens is 3. The molecule has 0 bridgehead atoms. The molecule has 2 heterocycles. The van der Waals surface area contributed by atoms with Crippen LogP contribution in [0.25, 0.3) is 10.9 Å². The van der Waals surface area contributed by atoms with Crippen molar-refractivity contribution in [3.8, 4) is 5.75 Å². The number of nitrogens with zero attached hydrogens (tertiary/aromatic N) is 2. The van der Waals surface area contributed by atoms with Gasteiger partial charge in [0, 0.05) is 23.0 Å². The molecule has 3 atom stereocenters. The first-order valence-electron chi connectivity index (χ1n) is 13.0. The summed E-state index contributed by atoms with van der Waals surface area (Å²) in [7, 11) is 1.58. The van der Waals surface area contributed by atoms with Crippen LogP contribution in [0.3, 0.4) is 0 Å². The highest BCUT2D eigenvalue weighted by Gasteiger charge is 2.35. The summed E-state index contributed by atoms with van der Waals surface area (Å²) < 4.78 is 44.9. The van der Waals surface area contributed by atoms with Gasteiger partial charge in [-0.2, -0.15) is 13.2 Å². The Labute approximate surface area is 230 Å². The molecule has 2 aromatic carbocycles. The maximum absolute atomic E-state index is 13.2. The Morgan fingerprint density at radius 2 is 2.03 bits per heavy atom. The molecular formula is C29H33F3N2O4S. The van der Waals surface area contributed by atoms with E-state index in [1.807, 2.05) is 18.2 Å². The van der Waals surface area contributed by atoms with E-state index in [2.05, 4.69) is 9.88 Å². The molecule has 0 saturated carbocycles. The summed E-state index contributed by atoms with van der Waals surface area (Å²) in [6.07, 6.45) is -1.13. The zero-order valence-corrected chi connectivity index (χ0v) is 22.5. The second-order valence-electron chi connectivity index (χ2n) is 9.87. The van der Waals surface area contributed by atoms with Gasteiger partial charge in [0.1, 0.15) is 5.75 Å². The van der Waals surface area contributed by atoms with Gasteiger partial charge in [-0.3, -0.25) is 9.78 Å². The summed E-state index contributed by atoms with van der Waals surface area (Å²) in [6, 6.07) is 12.9. The molecule has 0 unspecified atom stereocenters. The lowest BCUT2D eigenvalue weighted by molar-refractivity contribution is -0.146. The molecule has 3 aromatic rings. The summed E-state index contributed by atoms with van der Waals surface area (Å²) in [5, 5.41) is 21.7. The van der Waals surface area contributed by atoms with Gasteiger partial charge in [-0.15, -0.1) is 11.8 Å². The number of ether oxygens (including phenoxy) is 1. The second-order valence-corrected chi connectivity index (χ2v) is 11.0. The number of piperidine rings is 1. The predicted molar refractivity (Wildman–Crippen MR) is 145 cm³/mol. The van der Waals surface area contributed by atoms with Crippen molar-refractivity contribution in [3.05, 3.63) is 65.9 Å². The first kappa shape index (κ1) is 29.2. The Balaban J connectivity index is 1.29. The van der Waals surface area contributed by atoms with Gasteiger partial charge >= 0.3 is 12.1 Å². The minimum absolute atomic E-state index is 0.0657. The number of methoxy groups -OCH3 is 1. The average Bonchev–Trinajstić information content (AvgIpc) is 2.93. The fraction of sp³-hybridized carbons (Fsp3) is 0.448. The maximum atomic E-state index is 13.2. The van der Waals surface area contributed by atoms with Gasteiger partial charge in [0.2, 0.25) is 0 Å². The minimum Gasteiger partial charge on any atom is -0.497 e. The smallest absolute Gasteiger partial charge is 0.417 e. The number of aliphatic hydroxyl groups excluding tert-OH is 1. The van der Waals surface area contributed by atoms with Crippen LogP contribution in [0.15, 0.2) is 59.6 Å². The number of rotatable bonds is 11. The van der Waals surface area contributed by atoms with Crippen LogP contribution in [0.4, 0.5) is 13.2 Å². The minimum atomic E-state index is -4.38. The molecule has 0 aliphatic carbocycles. The Morgan fingerprint density at radius 3 is 2.77 bits per heavy atom. The van der Waals surface area contributed by atoms with Gasteiger partial charge in [0.25, 0.3) is 0 Å². The Hall–Kier alpha value is -2.82. The summed E-state index contributed by atoms with van der Waals surface area (Å²) in [5.41, 5.74) is 0.875. The third kappa shape index (κ3) is 7.43. The number of alkyl halides is 3. The quantitative estimate of drug-likeness (QED) is 0.210. The lowest BCUT2D eigenvalue weighted by Crippen LogP contribution is -2.44. The zero-order valence-electron chi connectivity index (χ0n) is 21.7.